The van der Waals surface area contributed by atoms with Gasteiger partial charge in [0.15, 0.2) is 5.78 Å². The molecule has 2 aromatic carbocycles. The van der Waals surface area contributed by atoms with Crippen molar-refractivity contribution in [3.63, 3.8) is 0 Å². The summed E-state index contributed by atoms with van der Waals surface area (Å²) in [6.07, 6.45) is 0.586. The molecule has 0 bridgehead atoms. The van der Waals surface area contributed by atoms with Crippen molar-refractivity contribution in [2.45, 2.75) is 12.8 Å². The van der Waals surface area contributed by atoms with Crippen LogP contribution in [-0.4, -0.2) is 12.9 Å². The number of carbonyl (C=O) groups is 1. The minimum atomic E-state index is -0.824. The van der Waals surface area contributed by atoms with E-state index in [2.05, 4.69) is 0 Å². The molecule has 104 valence electrons. The predicted octanol–water partition coefficient (Wildman–Crippen LogP) is 3.79. The van der Waals surface area contributed by atoms with Crippen LogP contribution in [-0.2, 0) is 6.42 Å². The molecule has 2 nitrogen and oxygen atoms in total. The van der Waals surface area contributed by atoms with E-state index in [0.29, 0.717) is 12.2 Å². The molecule has 0 saturated carbocycles. The van der Waals surface area contributed by atoms with Crippen molar-refractivity contribution in [3.8, 4) is 5.75 Å². The molecule has 0 aromatic heterocycles. The van der Waals surface area contributed by atoms with Crippen molar-refractivity contribution < 1.29 is 18.3 Å². The van der Waals surface area contributed by atoms with Gasteiger partial charge in [-0.1, -0.05) is 18.2 Å². The fraction of sp³-hybridized carbons (Fsp3) is 0.188. The normalized spacial score (nSPS) is 10.3. The van der Waals surface area contributed by atoms with Gasteiger partial charge in [-0.2, -0.15) is 0 Å². The van der Waals surface area contributed by atoms with E-state index in [-0.39, 0.29) is 17.8 Å². The Morgan fingerprint density at radius 2 is 1.90 bits per heavy atom. The number of carbonyl (C=O) groups excluding carboxylic acids is 1. The highest BCUT2D eigenvalue weighted by molar-refractivity contribution is 5.96. The van der Waals surface area contributed by atoms with Crippen molar-refractivity contribution in [3.05, 3.63) is 65.2 Å². The Kier molecular flexibility index (Phi) is 4.45. The molecule has 4 heteroatoms. The monoisotopic (exact) mass is 276 g/mol. The lowest BCUT2D eigenvalue weighted by Gasteiger charge is -2.08. The van der Waals surface area contributed by atoms with Crippen LogP contribution >= 0.6 is 0 Å². The Morgan fingerprint density at radius 3 is 2.60 bits per heavy atom. The molecule has 0 N–H and O–H groups in total. The van der Waals surface area contributed by atoms with E-state index in [1.54, 1.807) is 13.2 Å². The van der Waals surface area contributed by atoms with Gasteiger partial charge >= 0.3 is 0 Å². The van der Waals surface area contributed by atoms with Crippen LogP contribution in [0.15, 0.2) is 42.5 Å². The number of methoxy groups -OCH3 is 1. The van der Waals surface area contributed by atoms with Crippen LogP contribution in [0, 0.1) is 11.6 Å². The van der Waals surface area contributed by atoms with Crippen molar-refractivity contribution in [2.75, 3.05) is 7.11 Å². The first kappa shape index (κ1) is 14.2. The van der Waals surface area contributed by atoms with Gasteiger partial charge < -0.3 is 4.74 Å². The molecule has 20 heavy (non-hydrogen) atoms. The molecule has 0 spiro atoms. The summed E-state index contributed by atoms with van der Waals surface area (Å²) >= 11 is 0. The average molecular weight is 276 g/mol. The molecule has 0 radical (unpaired) electrons. The summed E-state index contributed by atoms with van der Waals surface area (Å²) in [6, 6.07) is 10.3. The zero-order chi connectivity index (χ0) is 14.5. The number of hydrogen-bond acceptors (Lipinski definition) is 2. The Hall–Kier alpha value is -2.23. The number of Topliss-reactive ketones (excluding diaryl/α,β-unsaturated/α-hetero) is 1. The van der Waals surface area contributed by atoms with Gasteiger partial charge in [0.25, 0.3) is 0 Å². The molecular formula is C16H14F2O2. The van der Waals surface area contributed by atoms with Crippen LogP contribution in [0.1, 0.15) is 22.3 Å². The van der Waals surface area contributed by atoms with Gasteiger partial charge in [0.05, 0.1) is 12.7 Å². The Balaban J connectivity index is 2.09. The van der Waals surface area contributed by atoms with Crippen LogP contribution in [0.2, 0.25) is 0 Å². The van der Waals surface area contributed by atoms with Gasteiger partial charge in [-0.05, 0) is 30.2 Å². The van der Waals surface area contributed by atoms with Crippen LogP contribution in [0.4, 0.5) is 8.78 Å². The molecular weight excluding hydrogens is 262 g/mol. The van der Waals surface area contributed by atoms with E-state index in [1.165, 1.54) is 6.07 Å². The SMILES string of the molecule is COc1ccccc1CCC(=O)c1ccc(F)cc1F. The molecule has 0 saturated heterocycles. The summed E-state index contributed by atoms with van der Waals surface area (Å²) in [5, 5.41) is 0. The highest BCUT2D eigenvalue weighted by atomic mass is 19.1. The van der Waals surface area contributed by atoms with Gasteiger partial charge in [0, 0.05) is 12.5 Å². The van der Waals surface area contributed by atoms with E-state index >= 15 is 0 Å². The fourth-order valence-corrected chi connectivity index (χ4v) is 2.01. The molecule has 0 heterocycles. The van der Waals surface area contributed by atoms with E-state index in [1.807, 2.05) is 18.2 Å². The van der Waals surface area contributed by atoms with Crippen molar-refractivity contribution in [1.82, 2.24) is 0 Å². The molecule has 0 aliphatic carbocycles. The fourth-order valence-electron chi connectivity index (χ4n) is 2.01. The maximum atomic E-state index is 13.5. The van der Waals surface area contributed by atoms with Crippen LogP contribution in [0.25, 0.3) is 0 Å². The van der Waals surface area contributed by atoms with Crippen molar-refractivity contribution >= 4 is 5.78 Å². The quantitative estimate of drug-likeness (QED) is 0.777. The van der Waals surface area contributed by atoms with Gasteiger partial charge in [0.2, 0.25) is 0 Å². The van der Waals surface area contributed by atoms with Crippen LogP contribution in [0.3, 0.4) is 0 Å². The number of aryl methyl sites for hydroxylation is 1. The third-order valence-corrected chi connectivity index (χ3v) is 3.05. The highest BCUT2D eigenvalue weighted by Crippen LogP contribution is 2.20. The van der Waals surface area contributed by atoms with Crippen molar-refractivity contribution in [1.29, 1.82) is 0 Å². The largest absolute Gasteiger partial charge is 0.496 e. The molecule has 2 aromatic rings. The third-order valence-electron chi connectivity index (χ3n) is 3.05. The number of halogens is 2. The summed E-state index contributed by atoms with van der Waals surface area (Å²) in [6.45, 7) is 0. The minimum Gasteiger partial charge on any atom is -0.496 e. The lowest BCUT2D eigenvalue weighted by Crippen LogP contribution is -2.05. The first-order valence-corrected chi connectivity index (χ1v) is 6.22. The van der Waals surface area contributed by atoms with E-state index in [0.717, 1.165) is 17.7 Å². The summed E-state index contributed by atoms with van der Waals surface area (Å²) in [5.41, 5.74) is 0.798. The summed E-state index contributed by atoms with van der Waals surface area (Å²) in [4.78, 5) is 11.9. The van der Waals surface area contributed by atoms with Gasteiger partial charge in [-0.3, -0.25) is 4.79 Å². The van der Waals surface area contributed by atoms with E-state index < -0.39 is 11.6 Å². The van der Waals surface area contributed by atoms with Gasteiger partial charge in [-0.25, -0.2) is 8.78 Å². The molecule has 2 rings (SSSR count). The summed E-state index contributed by atoms with van der Waals surface area (Å²) < 4.78 is 31.5. The second kappa shape index (κ2) is 6.28. The topological polar surface area (TPSA) is 26.3 Å². The van der Waals surface area contributed by atoms with Gasteiger partial charge in [-0.15, -0.1) is 0 Å². The standard InChI is InChI=1S/C16H14F2O2/c1-20-16-5-3-2-4-11(16)6-9-15(19)13-8-7-12(17)10-14(13)18/h2-5,7-8,10H,6,9H2,1H3. The number of ether oxygens (including phenoxy) is 1. The Bertz CT molecular complexity index is 624. The second-order valence-corrected chi connectivity index (χ2v) is 4.36. The van der Waals surface area contributed by atoms with Crippen LogP contribution in [0.5, 0.6) is 5.75 Å². The van der Waals surface area contributed by atoms with Crippen LogP contribution < -0.4 is 4.74 Å². The number of para-hydroxylation sites is 1. The maximum absolute atomic E-state index is 13.5. The number of rotatable bonds is 5. The van der Waals surface area contributed by atoms with E-state index in [4.69, 9.17) is 4.74 Å². The predicted molar refractivity (Wildman–Crippen MR) is 72.0 cm³/mol. The first-order valence-electron chi connectivity index (χ1n) is 6.22. The lowest BCUT2D eigenvalue weighted by molar-refractivity contribution is 0.0978. The molecule has 0 aliphatic rings. The third kappa shape index (κ3) is 3.20. The number of hydrogen-bond donors (Lipinski definition) is 0. The highest BCUT2D eigenvalue weighted by Gasteiger charge is 2.13. The van der Waals surface area contributed by atoms with E-state index in [9.17, 15) is 13.6 Å². The van der Waals surface area contributed by atoms with Gasteiger partial charge in [0.1, 0.15) is 17.4 Å². The Morgan fingerprint density at radius 1 is 1.15 bits per heavy atom. The zero-order valence-electron chi connectivity index (χ0n) is 11.0. The number of ketones is 1. The molecule has 0 aliphatic heterocycles. The molecule has 0 fully saturated rings. The smallest absolute Gasteiger partial charge is 0.166 e. The molecule has 0 atom stereocenters. The maximum Gasteiger partial charge on any atom is 0.166 e. The molecule has 0 unspecified atom stereocenters. The second-order valence-electron chi connectivity index (χ2n) is 4.36. The van der Waals surface area contributed by atoms with Crippen molar-refractivity contribution in [2.24, 2.45) is 0 Å². The lowest BCUT2D eigenvalue weighted by atomic mass is 10.0. The minimum absolute atomic E-state index is 0.0821. The molecule has 0 amide bonds. The zero-order valence-corrected chi connectivity index (χ0v) is 11.0. The number of benzene rings is 2. The summed E-state index contributed by atoms with van der Waals surface area (Å²) in [7, 11) is 1.56. The summed E-state index contributed by atoms with van der Waals surface area (Å²) in [5.74, 6) is -1.17. The Labute approximate surface area is 116 Å². The first-order chi connectivity index (χ1) is 9.61. The average Bonchev–Trinajstić information content (AvgIpc) is 2.45.